The van der Waals surface area contributed by atoms with Gasteiger partial charge in [0.1, 0.15) is 5.75 Å². The molecule has 5 heteroatoms. The van der Waals surface area contributed by atoms with Crippen LogP contribution in [0.3, 0.4) is 0 Å². The normalized spacial score (nSPS) is 16.8. The van der Waals surface area contributed by atoms with Crippen LogP contribution in [0.4, 0.5) is 5.69 Å². The highest BCUT2D eigenvalue weighted by Gasteiger charge is 2.25. The third-order valence-electron chi connectivity index (χ3n) is 4.98. The van der Waals surface area contributed by atoms with Gasteiger partial charge >= 0.3 is 0 Å². The molecule has 2 aromatic rings. The van der Waals surface area contributed by atoms with Crippen molar-refractivity contribution in [3.63, 3.8) is 0 Å². The van der Waals surface area contributed by atoms with Crippen LogP contribution in [0.5, 0.6) is 5.75 Å². The Labute approximate surface area is 161 Å². The van der Waals surface area contributed by atoms with Crippen molar-refractivity contribution in [1.82, 2.24) is 10.3 Å². The average Bonchev–Trinajstić information content (AvgIpc) is 2.74. The molecule has 1 aliphatic heterocycles. The number of carbonyl (C=O) groups is 1. The van der Waals surface area contributed by atoms with E-state index in [1.165, 1.54) is 0 Å². The molecule has 1 aromatic carbocycles. The maximum Gasteiger partial charge on any atom is 0.225 e. The predicted molar refractivity (Wildman–Crippen MR) is 108 cm³/mol. The van der Waals surface area contributed by atoms with Gasteiger partial charge in [0.15, 0.2) is 0 Å². The Bertz CT molecular complexity index is 703. The third kappa shape index (κ3) is 5.71. The van der Waals surface area contributed by atoms with E-state index in [1.54, 1.807) is 12.4 Å². The Kier molecular flexibility index (Phi) is 7.08. The van der Waals surface area contributed by atoms with Crippen molar-refractivity contribution >= 4 is 11.6 Å². The summed E-state index contributed by atoms with van der Waals surface area (Å²) in [5.41, 5.74) is 2.23. The van der Waals surface area contributed by atoms with Crippen LogP contribution in [-0.4, -0.2) is 30.6 Å². The molecular formula is C22H29N3O2. The minimum atomic E-state index is 0.0311. The molecule has 0 saturated carbocycles. The summed E-state index contributed by atoms with van der Waals surface area (Å²) in [5.74, 6) is 1.05. The number of rotatable bonds is 8. The molecule has 1 fully saturated rings. The Balaban J connectivity index is 1.47. The molecule has 1 amide bonds. The molecule has 27 heavy (non-hydrogen) atoms. The van der Waals surface area contributed by atoms with Crippen LogP contribution in [0.2, 0.25) is 0 Å². The summed E-state index contributed by atoms with van der Waals surface area (Å²) in [5, 5.41) is 3.09. The van der Waals surface area contributed by atoms with E-state index in [9.17, 15) is 4.79 Å². The van der Waals surface area contributed by atoms with Crippen molar-refractivity contribution in [1.29, 1.82) is 0 Å². The summed E-state index contributed by atoms with van der Waals surface area (Å²) in [6.45, 7) is 5.22. The molecule has 0 unspecified atom stereocenters. The van der Waals surface area contributed by atoms with E-state index in [2.05, 4.69) is 22.1 Å². The van der Waals surface area contributed by atoms with Gasteiger partial charge in [-0.15, -0.1) is 0 Å². The second-order valence-electron chi connectivity index (χ2n) is 7.05. The second-order valence-corrected chi connectivity index (χ2v) is 7.05. The number of pyridine rings is 1. The van der Waals surface area contributed by atoms with E-state index in [-0.39, 0.29) is 11.8 Å². The monoisotopic (exact) mass is 367 g/mol. The highest BCUT2D eigenvalue weighted by atomic mass is 16.5. The highest BCUT2D eigenvalue weighted by Crippen LogP contribution is 2.22. The number of hydrogen-bond acceptors (Lipinski definition) is 4. The largest absolute Gasteiger partial charge is 0.494 e. The molecular weight excluding hydrogens is 338 g/mol. The average molecular weight is 367 g/mol. The second kappa shape index (κ2) is 9.95. The molecule has 1 atom stereocenters. The molecule has 3 rings (SSSR count). The van der Waals surface area contributed by atoms with Crippen LogP contribution in [-0.2, 0) is 11.3 Å². The molecule has 0 spiro atoms. The van der Waals surface area contributed by atoms with E-state index in [0.717, 1.165) is 62.4 Å². The fraction of sp³-hybridized carbons (Fsp3) is 0.455. The van der Waals surface area contributed by atoms with Crippen LogP contribution in [0.15, 0.2) is 48.8 Å². The zero-order chi connectivity index (χ0) is 18.9. The number of aromatic nitrogens is 1. The van der Waals surface area contributed by atoms with Gasteiger partial charge in [-0.2, -0.15) is 0 Å². The minimum Gasteiger partial charge on any atom is -0.494 e. The Morgan fingerprint density at radius 1 is 1.22 bits per heavy atom. The van der Waals surface area contributed by atoms with Gasteiger partial charge in [-0.1, -0.05) is 25.5 Å². The SMILES string of the molecule is CCCCOc1ccc(CNC(=O)[C@H]2CCCN(c3ccncc3)C2)cc1. The lowest BCUT2D eigenvalue weighted by atomic mass is 9.96. The van der Waals surface area contributed by atoms with Gasteiger partial charge in [0.05, 0.1) is 12.5 Å². The van der Waals surface area contributed by atoms with Crippen LogP contribution in [0.1, 0.15) is 38.2 Å². The first-order valence-electron chi connectivity index (χ1n) is 9.90. The van der Waals surface area contributed by atoms with E-state index in [1.807, 2.05) is 36.4 Å². The first-order chi connectivity index (χ1) is 13.3. The van der Waals surface area contributed by atoms with E-state index >= 15 is 0 Å². The number of amides is 1. The molecule has 144 valence electrons. The molecule has 0 aliphatic carbocycles. The van der Waals surface area contributed by atoms with Gasteiger partial charge in [-0.05, 0) is 49.1 Å². The maximum absolute atomic E-state index is 12.6. The molecule has 2 heterocycles. The Hall–Kier alpha value is -2.56. The molecule has 1 aliphatic rings. The summed E-state index contributed by atoms with van der Waals surface area (Å²) in [4.78, 5) is 19.0. The lowest BCUT2D eigenvalue weighted by Crippen LogP contribution is -2.43. The highest BCUT2D eigenvalue weighted by molar-refractivity contribution is 5.79. The Morgan fingerprint density at radius 3 is 2.74 bits per heavy atom. The van der Waals surface area contributed by atoms with Gasteiger partial charge < -0.3 is 15.0 Å². The number of nitrogens with one attached hydrogen (secondary N) is 1. The zero-order valence-electron chi connectivity index (χ0n) is 16.1. The van der Waals surface area contributed by atoms with Crippen molar-refractivity contribution in [3.05, 3.63) is 54.4 Å². The van der Waals surface area contributed by atoms with Crippen LogP contribution >= 0.6 is 0 Å². The minimum absolute atomic E-state index is 0.0311. The number of unbranched alkanes of at least 4 members (excludes halogenated alkanes) is 1. The number of benzene rings is 1. The first kappa shape index (κ1) is 19.2. The summed E-state index contributed by atoms with van der Waals surface area (Å²) in [6.07, 6.45) is 7.77. The quantitative estimate of drug-likeness (QED) is 0.721. The third-order valence-corrected chi connectivity index (χ3v) is 4.98. The van der Waals surface area contributed by atoms with Crippen molar-refractivity contribution in [2.24, 2.45) is 5.92 Å². The molecule has 1 aromatic heterocycles. The first-order valence-corrected chi connectivity index (χ1v) is 9.90. The smallest absolute Gasteiger partial charge is 0.225 e. The number of ether oxygens (including phenoxy) is 1. The zero-order valence-corrected chi connectivity index (χ0v) is 16.1. The molecule has 0 bridgehead atoms. The summed E-state index contributed by atoms with van der Waals surface area (Å²) in [6, 6.07) is 12.0. The number of piperidine rings is 1. The fourth-order valence-electron chi connectivity index (χ4n) is 3.35. The summed E-state index contributed by atoms with van der Waals surface area (Å²) >= 11 is 0. The number of nitrogens with zero attached hydrogens (tertiary/aromatic N) is 2. The van der Waals surface area contributed by atoms with Crippen LogP contribution in [0, 0.1) is 5.92 Å². The van der Waals surface area contributed by atoms with Crippen molar-refractivity contribution in [2.75, 3.05) is 24.6 Å². The standard InChI is InChI=1S/C22H29N3O2/c1-2-3-15-27-21-8-6-18(7-9-21)16-24-22(26)19-5-4-14-25(17-19)20-10-12-23-13-11-20/h6-13,19H,2-5,14-17H2,1H3,(H,24,26)/t19-/m0/s1. The molecule has 5 nitrogen and oxygen atoms in total. The molecule has 1 N–H and O–H groups in total. The number of anilines is 1. The van der Waals surface area contributed by atoms with Gasteiger partial charge in [0, 0.05) is 37.7 Å². The fourth-order valence-corrected chi connectivity index (χ4v) is 3.35. The van der Waals surface area contributed by atoms with Crippen molar-refractivity contribution in [3.8, 4) is 5.75 Å². The van der Waals surface area contributed by atoms with E-state index in [4.69, 9.17) is 4.74 Å². The van der Waals surface area contributed by atoms with E-state index in [0.29, 0.717) is 6.54 Å². The summed E-state index contributed by atoms with van der Waals surface area (Å²) < 4.78 is 5.68. The number of carbonyl (C=O) groups excluding carboxylic acids is 1. The topological polar surface area (TPSA) is 54.5 Å². The van der Waals surface area contributed by atoms with Crippen LogP contribution < -0.4 is 15.0 Å². The van der Waals surface area contributed by atoms with Gasteiger partial charge in [-0.25, -0.2) is 0 Å². The Morgan fingerprint density at radius 2 is 2.00 bits per heavy atom. The van der Waals surface area contributed by atoms with Gasteiger partial charge in [-0.3, -0.25) is 9.78 Å². The summed E-state index contributed by atoms with van der Waals surface area (Å²) in [7, 11) is 0. The molecule has 0 radical (unpaired) electrons. The van der Waals surface area contributed by atoms with E-state index < -0.39 is 0 Å². The predicted octanol–water partition coefficient (Wildman–Crippen LogP) is 3.79. The lowest BCUT2D eigenvalue weighted by Gasteiger charge is -2.33. The number of hydrogen-bond donors (Lipinski definition) is 1. The lowest BCUT2D eigenvalue weighted by molar-refractivity contribution is -0.125. The van der Waals surface area contributed by atoms with Crippen molar-refractivity contribution in [2.45, 2.75) is 39.2 Å². The van der Waals surface area contributed by atoms with Crippen LogP contribution in [0.25, 0.3) is 0 Å². The van der Waals surface area contributed by atoms with Crippen molar-refractivity contribution < 1.29 is 9.53 Å². The van der Waals surface area contributed by atoms with Gasteiger partial charge in [0.2, 0.25) is 5.91 Å². The molecule has 1 saturated heterocycles. The maximum atomic E-state index is 12.6. The van der Waals surface area contributed by atoms with Gasteiger partial charge in [0.25, 0.3) is 0 Å².